The van der Waals surface area contributed by atoms with Crippen LogP contribution in [0, 0.1) is 0 Å². The number of unbranched alkanes of at least 4 members (excludes halogenated alkanes) is 40. The van der Waals surface area contributed by atoms with Gasteiger partial charge in [0, 0.05) is 6.61 Å². The van der Waals surface area contributed by atoms with E-state index in [1.54, 1.807) is 0 Å². The van der Waals surface area contributed by atoms with Crippen LogP contribution in [0.2, 0.25) is 0 Å². The van der Waals surface area contributed by atoms with Gasteiger partial charge in [-0.1, -0.05) is 290 Å². The maximum Gasteiger partial charge on any atom is 0.0540 e. The summed E-state index contributed by atoms with van der Waals surface area (Å²) >= 11 is 0. The van der Waals surface area contributed by atoms with Crippen LogP contribution in [0.5, 0.6) is 0 Å². The summed E-state index contributed by atoms with van der Waals surface area (Å²) in [7, 11) is 0. The summed E-state index contributed by atoms with van der Waals surface area (Å²) < 4.78 is 0. The third kappa shape index (κ3) is 54.3. The summed E-state index contributed by atoms with van der Waals surface area (Å²) in [5.41, 5.74) is 0. The van der Waals surface area contributed by atoms with Crippen LogP contribution in [0.3, 0.4) is 0 Å². The maximum absolute atomic E-state index is 10.2. The van der Waals surface area contributed by atoms with Crippen molar-refractivity contribution < 1.29 is 10.2 Å². The van der Waals surface area contributed by atoms with Gasteiger partial charge in [-0.25, -0.2) is 0 Å². The molecule has 0 aromatic heterocycles. The van der Waals surface area contributed by atoms with Gasteiger partial charge in [-0.15, -0.1) is 0 Å². The molecule has 0 saturated carbocycles. The van der Waals surface area contributed by atoms with E-state index in [4.69, 9.17) is 5.11 Å². The Labute approximate surface area is 331 Å². The van der Waals surface area contributed by atoms with Crippen molar-refractivity contribution >= 4 is 0 Å². The number of hydrogen-bond donors (Lipinski definition) is 2. The number of aliphatic hydroxyl groups is 2. The van der Waals surface area contributed by atoms with Crippen molar-refractivity contribution in [1.29, 1.82) is 0 Å². The standard InChI is InChI=1S/C34H70O.C16H34O/c1-3-5-7-9-11-13-15-17-19-21-23-25-27-29-31-33-34(35)32-30-28-26-24-22-20-18-16-14-12-10-8-6-4-2;1-2-3-4-5-6-7-8-9-10-11-12-13-14-15-16-17/h34-35H,3-33H2,1-2H3;17H,2-16H2,1H3. The van der Waals surface area contributed by atoms with Crippen molar-refractivity contribution in [2.45, 2.75) is 316 Å². The fraction of sp³-hybridized carbons (Fsp3) is 1.00. The van der Waals surface area contributed by atoms with Gasteiger partial charge in [0.05, 0.1) is 6.10 Å². The largest absolute Gasteiger partial charge is 0.396 e. The monoisotopic (exact) mass is 737 g/mol. The predicted octanol–water partition coefficient (Wildman–Crippen LogP) is 17.9. The van der Waals surface area contributed by atoms with Gasteiger partial charge < -0.3 is 10.2 Å². The van der Waals surface area contributed by atoms with E-state index < -0.39 is 0 Å². The summed E-state index contributed by atoms with van der Waals surface area (Å²) in [6.45, 7) is 7.24. The summed E-state index contributed by atoms with van der Waals surface area (Å²) in [5.74, 6) is 0. The minimum Gasteiger partial charge on any atom is -0.396 e. The van der Waals surface area contributed by atoms with Crippen LogP contribution in [0.4, 0.5) is 0 Å². The van der Waals surface area contributed by atoms with Gasteiger partial charge in [0.25, 0.3) is 0 Å². The molecule has 1 atom stereocenters. The SMILES string of the molecule is CCCCCCCCCCCCCCCCCC(O)CCCCCCCCCCCCCCCC.CCCCCCCCCCCCCCCCO. The van der Waals surface area contributed by atoms with Gasteiger partial charge in [-0.3, -0.25) is 0 Å². The third-order valence-electron chi connectivity index (χ3n) is 11.5. The molecule has 2 nitrogen and oxygen atoms in total. The molecule has 0 spiro atoms. The summed E-state index contributed by atoms with van der Waals surface area (Å²) in [6.07, 6.45) is 62.2. The van der Waals surface area contributed by atoms with Crippen LogP contribution in [0.15, 0.2) is 0 Å². The zero-order chi connectivity index (χ0) is 38.1. The first kappa shape index (κ1) is 54.0. The normalized spacial score (nSPS) is 11.9. The van der Waals surface area contributed by atoms with E-state index in [1.165, 1.54) is 270 Å². The van der Waals surface area contributed by atoms with Gasteiger partial charge in [0.2, 0.25) is 0 Å². The molecule has 0 heterocycles. The van der Waals surface area contributed by atoms with Crippen LogP contribution in [-0.2, 0) is 0 Å². The summed E-state index contributed by atoms with van der Waals surface area (Å²) in [4.78, 5) is 0. The Bertz CT molecular complexity index is 548. The molecule has 0 aliphatic rings. The van der Waals surface area contributed by atoms with E-state index in [-0.39, 0.29) is 6.10 Å². The Kier molecular flexibility index (Phi) is 55.1. The van der Waals surface area contributed by atoms with Crippen LogP contribution in [0.25, 0.3) is 0 Å². The lowest BCUT2D eigenvalue weighted by Crippen LogP contribution is -2.05. The van der Waals surface area contributed by atoms with E-state index in [2.05, 4.69) is 20.8 Å². The second-order valence-corrected chi connectivity index (χ2v) is 17.1. The summed E-state index contributed by atoms with van der Waals surface area (Å²) in [5, 5.41) is 18.9. The summed E-state index contributed by atoms with van der Waals surface area (Å²) in [6, 6.07) is 0. The number of rotatable bonds is 45. The zero-order valence-corrected chi connectivity index (χ0v) is 37.0. The Balaban J connectivity index is 0. The highest BCUT2D eigenvalue weighted by Gasteiger charge is 2.04. The molecule has 0 bridgehead atoms. The third-order valence-corrected chi connectivity index (χ3v) is 11.5. The predicted molar refractivity (Wildman–Crippen MR) is 238 cm³/mol. The molecule has 0 aliphatic carbocycles. The Morgan fingerprint density at radius 3 is 0.558 bits per heavy atom. The van der Waals surface area contributed by atoms with E-state index >= 15 is 0 Å². The molecule has 0 aromatic rings. The second-order valence-electron chi connectivity index (χ2n) is 17.1. The van der Waals surface area contributed by atoms with E-state index in [0.29, 0.717) is 6.61 Å². The van der Waals surface area contributed by atoms with Gasteiger partial charge in [0.15, 0.2) is 0 Å². The first-order chi connectivity index (χ1) is 25.7. The second kappa shape index (κ2) is 53.0. The fourth-order valence-corrected chi connectivity index (χ4v) is 7.78. The number of aliphatic hydroxyl groups excluding tert-OH is 2. The van der Waals surface area contributed by atoms with Crippen molar-refractivity contribution in [1.82, 2.24) is 0 Å². The zero-order valence-electron chi connectivity index (χ0n) is 37.0. The molecule has 0 aliphatic heterocycles. The Morgan fingerprint density at radius 2 is 0.385 bits per heavy atom. The highest BCUT2D eigenvalue weighted by Crippen LogP contribution is 2.17. The quantitative estimate of drug-likeness (QED) is 0.0611. The molecule has 52 heavy (non-hydrogen) atoms. The molecule has 0 saturated heterocycles. The van der Waals surface area contributed by atoms with Gasteiger partial charge in [-0.05, 0) is 19.3 Å². The molecule has 316 valence electrons. The van der Waals surface area contributed by atoms with Crippen molar-refractivity contribution in [3.63, 3.8) is 0 Å². The number of hydrogen-bond acceptors (Lipinski definition) is 2. The molecule has 0 fully saturated rings. The average Bonchev–Trinajstić information content (AvgIpc) is 3.15. The lowest BCUT2D eigenvalue weighted by Gasteiger charge is -2.10. The first-order valence-electron chi connectivity index (χ1n) is 25.0. The van der Waals surface area contributed by atoms with E-state index in [0.717, 1.165) is 19.3 Å². The van der Waals surface area contributed by atoms with Crippen molar-refractivity contribution in [3.8, 4) is 0 Å². The lowest BCUT2D eigenvalue weighted by molar-refractivity contribution is 0.147. The Morgan fingerprint density at radius 1 is 0.231 bits per heavy atom. The first-order valence-corrected chi connectivity index (χ1v) is 25.0. The van der Waals surface area contributed by atoms with Crippen LogP contribution < -0.4 is 0 Å². The maximum atomic E-state index is 10.2. The van der Waals surface area contributed by atoms with Crippen LogP contribution in [-0.4, -0.2) is 22.9 Å². The topological polar surface area (TPSA) is 40.5 Å². The highest BCUT2D eigenvalue weighted by atomic mass is 16.3. The molecular formula is C50H104O2. The minimum absolute atomic E-state index is 0.0331. The molecule has 1 unspecified atom stereocenters. The molecule has 0 radical (unpaired) electrons. The molecule has 0 rings (SSSR count). The Hall–Kier alpha value is -0.0800. The fourth-order valence-electron chi connectivity index (χ4n) is 7.78. The van der Waals surface area contributed by atoms with Crippen molar-refractivity contribution in [2.75, 3.05) is 6.61 Å². The minimum atomic E-state index is -0.0331. The molecule has 2 heteroatoms. The van der Waals surface area contributed by atoms with Gasteiger partial charge >= 0.3 is 0 Å². The average molecular weight is 737 g/mol. The molecule has 2 N–H and O–H groups in total. The smallest absolute Gasteiger partial charge is 0.0540 e. The molecule has 0 amide bonds. The van der Waals surface area contributed by atoms with Crippen molar-refractivity contribution in [2.24, 2.45) is 0 Å². The van der Waals surface area contributed by atoms with E-state index in [1.807, 2.05) is 0 Å². The van der Waals surface area contributed by atoms with E-state index in [9.17, 15) is 5.11 Å². The molecular weight excluding hydrogens is 633 g/mol. The highest BCUT2D eigenvalue weighted by molar-refractivity contribution is 4.58. The van der Waals surface area contributed by atoms with Gasteiger partial charge in [0.1, 0.15) is 0 Å². The van der Waals surface area contributed by atoms with Crippen LogP contribution >= 0.6 is 0 Å². The van der Waals surface area contributed by atoms with Crippen molar-refractivity contribution in [3.05, 3.63) is 0 Å². The lowest BCUT2D eigenvalue weighted by atomic mass is 10.0. The van der Waals surface area contributed by atoms with Crippen LogP contribution in [0.1, 0.15) is 310 Å². The van der Waals surface area contributed by atoms with Gasteiger partial charge in [-0.2, -0.15) is 0 Å². The molecule has 0 aromatic carbocycles.